The molecule has 0 aliphatic carbocycles. The van der Waals surface area contributed by atoms with Crippen molar-refractivity contribution >= 4 is 0 Å². The normalized spacial score (nSPS) is 6.00. The van der Waals surface area contributed by atoms with E-state index < -0.39 is 5.03 Å². The minimum absolute atomic E-state index is 0.750. The summed E-state index contributed by atoms with van der Waals surface area (Å²) in [5.41, 5.74) is 0. The van der Waals surface area contributed by atoms with Gasteiger partial charge in [-0.2, -0.15) is 0 Å². The number of nitrogens with two attached hydrogens (primary N) is 1. The fourth-order valence-electron chi connectivity index (χ4n) is 0. The lowest BCUT2D eigenvalue weighted by Gasteiger charge is -1.48. The molecule has 0 saturated carbocycles. The lowest BCUT2D eigenvalue weighted by Crippen LogP contribution is -2.08. The van der Waals surface area contributed by atoms with E-state index in [0.29, 0.717) is 0 Å². The lowest BCUT2D eigenvalue weighted by molar-refractivity contribution is -0.801. The Labute approximate surface area is 22.3 Å². The van der Waals surface area contributed by atoms with Crippen molar-refractivity contribution in [2.24, 2.45) is 5.84 Å². The molecule has 0 aromatic carbocycles. The van der Waals surface area contributed by atoms with E-state index >= 15 is 0 Å². The molecule has 0 rings (SSSR count). The fourth-order valence-corrected chi connectivity index (χ4v) is 0. The molecule has 0 radical (unpaired) electrons. The number of hydrogen-bond donors (Lipinski definition) is 2. The zero-order valence-electron chi connectivity index (χ0n) is 1.88. The molecule has 0 heterocycles. The molecule has 3 N–H and O–H groups in total. The fraction of sp³-hybridized carbons (Fsp3) is 0. The molecule has 4 heteroatoms. The molecule has 0 amide bonds. The van der Waals surface area contributed by atoms with Crippen LogP contribution in [0.4, 0.5) is 0 Å². The highest BCUT2D eigenvalue weighted by Crippen LogP contribution is 1.21. The Hall–Kier alpha value is -0.800. The van der Waals surface area contributed by atoms with Crippen LogP contribution >= 0.6 is 0 Å². The summed E-state index contributed by atoms with van der Waals surface area (Å²) in [4.78, 5) is 8.69. The highest BCUT2D eigenvalue weighted by atomic mass is 16.7. The van der Waals surface area contributed by atoms with Gasteiger partial charge in [0.05, 0.1) is 0 Å². The van der Waals surface area contributed by atoms with E-state index in [9.17, 15) is 0 Å². The quantitative estimate of drug-likeness (QED) is 0.281. The Morgan fingerprint density at radius 1 is 2.00 bits per heavy atom. The SMILES string of the molecule is N[N+](=O)O. The third-order valence-electron chi connectivity index (χ3n) is 0. The van der Waals surface area contributed by atoms with Crippen LogP contribution in [-0.2, 0) is 0 Å². The van der Waals surface area contributed by atoms with Crippen molar-refractivity contribution in [3.05, 3.63) is 4.91 Å². The zero-order chi connectivity index (χ0) is 3.58. The summed E-state index contributed by atoms with van der Waals surface area (Å²) in [7, 11) is 0. The average molecular weight is 63.0 g/mol. The van der Waals surface area contributed by atoms with Gasteiger partial charge in [-0.3, -0.25) is 0 Å². The topological polar surface area (TPSA) is 66.3 Å². The van der Waals surface area contributed by atoms with Gasteiger partial charge in [-0.25, -0.2) is 5.21 Å². The maximum absolute atomic E-state index is 8.69. The van der Waals surface area contributed by atoms with Crippen LogP contribution in [0.1, 0.15) is 0 Å². The van der Waals surface area contributed by atoms with Gasteiger partial charge in [-0.1, -0.05) is 0 Å². The predicted octanol–water partition coefficient (Wildman–Crippen LogP) is -0.972. The Balaban J connectivity index is 2.80. The number of rotatable bonds is 0. The summed E-state index contributed by atoms with van der Waals surface area (Å²) < 4.78 is 0. The van der Waals surface area contributed by atoms with Crippen LogP contribution in [0.15, 0.2) is 0 Å². The van der Waals surface area contributed by atoms with E-state index in [1.807, 2.05) is 0 Å². The summed E-state index contributed by atoms with van der Waals surface area (Å²) >= 11 is 0. The van der Waals surface area contributed by atoms with Crippen molar-refractivity contribution in [1.82, 2.24) is 0 Å². The first-order valence-electron chi connectivity index (χ1n) is 0.641. The van der Waals surface area contributed by atoms with Crippen molar-refractivity contribution in [2.45, 2.75) is 0 Å². The standard InChI is InChI=1S/H3N2O2/c1-2(3)4/h1H2,(H,3,4)/q+1. The Bertz CT molecular complexity index is 27.0. The highest BCUT2D eigenvalue weighted by molar-refractivity contribution is 3.59. The second-order valence-electron chi connectivity index (χ2n) is 0.303. The minimum Gasteiger partial charge on any atom is -0.219 e. The molecule has 0 aromatic rings. The van der Waals surface area contributed by atoms with Crippen LogP contribution in [0.25, 0.3) is 0 Å². The van der Waals surface area contributed by atoms with E-state index in [1.165, 1.54) is 0 Å². The Morgan fingerprint density at radius 3 is 2.00 bits per heavy atom. The van der Waals surface area contributed by atoms with Crippen molar-refractivity contribution in [3.8, 4) is 0 Å². The first kappa shape index (κ1) is 3.20. The van der Waals surface area contributed by atoms with Crippen LogP contribution in [0.3, 0.4) is 0 Å². The zero-order valence-corrected chi connectivity index (χ0v) is 1.88. The third kappa shape index (κ3) is 0.0750. The molecule has 0 atom stereocenters. The molecule has 4 heavy (non-hydrogen) atoms. The van der Waals surface area contributed by atoms with Gasteiger partial charge in [-0.15, -0.1) is 5.84 Å². The largest absolute Gasteiger partial charge is 0.352 e. The number of hydrogen-bond acceptors (Lipinski definition) is 1. The van der Waals surface area contributed by atoms with E-state index in [0.717, 1.165) is 0 Å². The van der Waals surface area contributed by atoms with E-state index in [4.69, 9.17) is 10.1 Å². The smallest absolute Gasteiger partial charge is 0.219 e. The van der Waals surface area contributed by atoms with Crippen molar-refractivity contribution in [1.29, 1.82) is 0 Å². The Morgan fingerprint density at radius 2 is 2.00 bits per heavy atom. The summed E-state index contributed by atoms with van der Waals surface area (Å²) in [5.74, 6) is 3.94. The highest BCUT2D eigenvalue weighted by Gasteiger charge is 1.72. The van der Waals surface area contributed by atoms with Gasteiger partial charge in [0.25, 0.3) is 0 Å². The van der Waals surface area contributed by atoms with Crippen LogP contribution in [0, 0.1) is 4.91 Å². The van der Waals surface area contributed by atoms with Gasteiger partial charge in [0.1, 0.15) is 4.91 Å². The molecule has 0 spiro atoms. The molecule has 0 aliphatic heterocycles. The molecule has 0 aromatic heterocycles. The number of hydrazine groups is 1. The molecule has 0 unspecified atom stereocenters. The molecule has 0 aliphatic rings. The number of nitrogens with zero attached hydrogens (tertiary/aromatic N) is 1. The lowest BCUT2D eigenvalue weighted by atomic mass is 12.8. The van der Waals surface area contributed by atoms with Gasteiger partial charge in [0.2, 0.25) is 0 Å². The molecule has 24 valence electrons. The van der Waals surface area contributed by atoms with Crippen LogP contribution in [0.2, 0.25) is 0 Å². The molecule has 0 fully saturated rings. The predicted molar refractivity (Wildman–Crippen MR) is 9.60 cm³/mol. The van der Waals surface area contributed by atoms with Crippen LogP contribution in [-0.4, -0.2) is 10.2 Å². The van der Waals surface area contributed by atoms with Gasteiger partial charge in [0.15, 0.2) is 0 Å². The van der Waals surface area contributed by atoms with E-state index in [1.54, 1.807) is 0 Å². The van der Waals surface area contributed by atoms with Gasteiger partial charge in [0, 0.05) is 0 Å². The molecule has 0 bridgehead atoms. The van der Waals surface area contributed by atoms with Crippen LogP contribution < -0.4 is 5.84 Å². The average Bonchev–Trinajstić information content (AvgIpc) is 0.811. The van der Waals surface area contributed by atoms with Crippen molar-refractivity contribution < 1.29 is 10.2 Å². The monoisotopic (exact) mass is 63.0 g/mol. The van der Waals surface area contributed by atoms with Crippen molar-refractivity contribution in [2.75, 3.05) is 0 Å². The first-order chi connectivity index (χ1) is 1.73. The maximum atomic E-state index is 8.69. The third-order valence-corrected chi connectivity index (χ3v) is 0. The Kier molecular flexibility index (Phi) is 0.524. The van der Waals surface area contributed by atoms with E-state index in [-0.39, 0.29) is 0 Å². The summed E-state index contributed by atoms with van der Waals surface area (Å²) in [6, 6.07) is 0. The van der Waals surface area contributed by atoms with Gasteiger partial charge >= 0.3 is 5.03 Å². The molecular weight excluding hydrogens is 60.0 g/mol. The molecular formula is H3N2O2+. The van der Waals surface area contributed by atoms with Gasteiger partial charge in [-0.05, 0) is 0 Å². The first-order valence-corrected chi connectivity index (χ1v) is 0.641. The molecule has 4 nitrogen and oxygen atoms in total. The molecule has 0 saturated heterocycles. The second-order valence-corrected chi connectivity index (χ2v) is 0.303. The summed E-state index contributed by atoms with van der Waals surface area (Å²) in [6.45, 7) is 0. The van der Waals surface area contributed by atoms with Gasteiger partial charge < -0.3 is 0 Å². The minimum atomic E-state index is -0.750. The second kappa shape index (κ2) is 0.655. The van der Waals surface area contributed by atoms with Crippen LogP contribution in [0.5, 0.6) is 0 Å². The van der Waals surface area contributed by atoms with E-state index in [2.05, 4.69) is 5.84 Å². The maximum Gasteiger partial charge on any atom is 0.352 e. The van der Waals surface area contributed by atoms with Crippen molar-refractivity contribution in [3.63, 3.8) is 0 Å². The summed E-state index contributed by atoms with van der Waals surface area (Å²) in [6.07, 6.45) is 0. The summed E-state index contributed by atoms with van der Waals surface area (Å²) in [5, 5.41) is 6.36.